The fourth-order valence-corrected chi connectivity index (χ4v) is 3.85. The second kappa shape index (κ2) is 10.9. The molecular weight excluding hydrogens is 368 g/mol. The lowest BCUT2D eigenvalue weighted by atomic mass is 10.0. The van der Waals surface area contributed by atoms with Gasteiger partial charge in [0.15, 0.2) is 0 Å². The molecule has 0 aromatic heterocycles. The van der Waals surface area contributed by atoms with Crippen LogP contribution in [-0.2, 0) is 16.0 Å². The van der Waals surface area contributed by atoms with Crippen LogP contribution in [0, 0.1) is 20.8 Å². The number of carbonyl (C=O) groups is 2. The van der Waals surface area contributed by atoms with Crippen molar-refractivity contribution in [1.29, 1.82) is 0 Å². The first-order chi connectivity index (χ1) is 13.4. The maximum Gasteiger partial charge on any atom is 0.234 e. The number of thioether (sulfide) groups is 1. The fraction of sp³-hybridized carbons (Fsp3) is 0.391. The van der Waals surface area contributed by atoms with Crippen molar-refractivity contribution in [2.75, 3.05) is 22.1 Å². The van der Waals surface area contributed by atoms with Gasteiger partial charge in [0.2, 0.25) is 11.8 Å². The van der Waals surface area contributed by atoms with Gasteiger partial charge < -0.3 is 10.6 Å². The van der Waals surface area contributed by atoms with E-state index in [9.17, 15) is 9.59 Å². The lowest BCUT2D eigenvalue weighted by molar-refractivity contribution is -0.116. The summed E-state index contributed by atoms with van der Waals surface area (Å²) in [5.74, 6) is 1.19. The van der Waals surface area contributed by atoms with E-state index >= 15 is 0 Å². The number of amides is 2. The molecule has 2 rings (SSSR count). The summed E-state index contributed by atoms with van der Waals surface area (Å²) < 4.78 is 0. The van der Waals surface area contributed by atoms with Crippen LogP contribution in [0.5, 0.6) is 0 Å². The van der Waals surface area contributed by atoms with E-state index < -0.39 is 0 Å². The first-order valence-electron chi connectivity index (χ1n) is 9.73. The summed E-state index contributed by atoms with van der Waals surface area (Å²) in [4.78, 5) is 24.2. The van der Waals surface area contributed by atoms with Gasteiger partial charge in [0.25, 0.3) is 0 Å². The van der Waals surface area contributed by atoms with Crippen molar-refractivity contribution in [3.05, 3.63) is 58.7 Å². The van der Waals surface area contributed by atoms with E-state index in [4.69, 9.17) is 0 Å². The van der Waals surface area contributed by atoms with E-state index in [2.05, 4.69) is 36.6 Å². The molecule has 0 unspecified atom stereocenters. The molecular formula is C23H30N2O2S. The van der Waals surface area contributed by atoms with Crippen molar-refractivity contribution in [3.63, 3.8) is 0 Å². The van der Waals surface area contributed by atoms with Gasteiger partial charge in [-0.15, -0.1) is 0 Å². The summed E-state index contributed by atoms with van der Waals surface area (Å²) in [5.41, 5.74) is 6.36. The Morgan fingerprint density at radius 2 is 1.57 bits per heavy atom. The van der Waals surface area contributed by atoms with Crippen LogP contribution >= 0.6 is 11.8 Å². The summed E-state index contributed by atoms with van der Waals surface area (Å²) in [6.07, 6.45) is 2.19. The van der Waals surface area contributed by atoms with Crippen LogP contribution in [0.25, 0.3) is 0 Å². The van der Waals surface area contributed by atoms with Crippen molar-refractivity contribution in [3.8, 4) is 0 Å². The highest BCUT2D eigenvalue weighted by Gasteiger charge is 2.09. The first-order valence-corrected chi connectivity index (χ1v) is 10.9. The van der Waals surface area contributed by atoms with Gasteiger partial charge >= 0.3 is 0 Å². The highest BCUT2D eigenvalue weighted by molar-refractivity contribution is 7.99. The number of hydrogen-bond donors (Lipinski definition) is 2. The van der Waals surface area contributed by atoms with Crippen molar-refractivity contribution >= 4 is 35.0 Å². The molecule has 2 aromatic rings. The molecule has 0 bridgehead atoms. The zero-order valence-electron chi connectivity index (χ0n) is 17.2. The van der Waals surface area contributed by atoms with Gasteiger partial charge in [-0.1, -0.05) is 36.8 Å². The number of aryl methyl sites for hydroxylation is 4. The Morgan fingerprint density at radius 1 is 0.929 bits per heavy atom. The summed E-state index contributed by atoms with van der Waals surface area (Å²) in [7, 11) is 0. The molecule has 5 heteroatoms. The van der Waals surface area contributed by atoms with E-state index in [-0.39, 0.29) is 11.8 Å². The minimum atomic E-state index is -0.00963. The number of carbonyl (C=O) groups excluding carboxylic acids is 2. The molecule has 28 heavy (non-hydrogen) atoms. The van der Waals surface area contributed by atoms with Gasteiger partial charge in [0.05, 0.1) is 5.75 Å². The molecule has 2 amide bonds. The summed E-state index contributed by atoms with van der Waals surface area (Å²) in [6.45, 7) is 8.19. The van der Waals surface area contributed by atoms with E-state index in [1.807, 2.05) is 38.1 Å². The molecule has 2 aromatic carbocycles. The third-order valence-electron chi connectivity index (χ3n) is 4.51. The van der Waals surface area contributed by atoms with Gasteiger partial charge in [0, 0.05) is 17.8 Å². The van der Waals surface area contributed by atoms with Crippen molar-refractivity contribution in [1.82, 2.24) is 0 Å². The van der Waals surface area contributed by atoms with E-state index in [1.54, 1.807) is 11.8 Å². The van der Waals surface area contributed by atoms with Crippen molar-refractivity contribution in [2.24, 2.45) is 0 Å². The minimum Gasteiger partial charge on any atom is -0.326 e. The summed E-state index contributed by atoms with van der Waals surface area (Å²) in [6, 6.07) is 12.1. The largest absolute Gasteiger partial charge is 0.326 e. The van der Waals surface area contributed by atoms with Crippen LogP contribution in [0.2, 0.25) is 0 Å². The zero-order chi connectivity index (χ0) is 20.5. The molecule has 0 aliphatic rings. The van der Waals surface area contributed by atoms with Gasteiger partial charge in [-0.3, -0.25) is 9.59 Å². The van der Waals surface area contributed by atoms with Gasteiger partial charge in [0.1, 0.15) is 0 Å². The molecule has 2 N–H and O–H groups in total. The molecule has 4 nitrogen and oxygen atoms in total. The molecule has 0 fully saturated rings. The minimum absolute atomic E-state index is 0.00963. The number of nitrogens with one attached hydrogen (secondary N) is 2. The molecule has 0 saturated heterocycles. The molecule has 150 valence electrons. The molecule has 0 spiro atoms. The second-order valence-corrected chi connectivity index (χ2v) is 8.18. The van der Waals surface area contributed by atoms with Crippen molar-refractivity contribution in [2.45, 2.75) is 47.0 Å². The van der Waals surface area contributed by atoms with Crippen LogP contribution in [0.1, 0.15) is 42.0 Å². The molecule has 0 heterocycles. The number of rotatable bonds is 9. The summed E-state index contributed by atoms with van der Waals surface area (Å²) >= 11 is 1.55. The average Bonchev–Trinajstić information content (AvgIpc) is 2.65. The highest BCUT2D eigenvalue weighted by atomic mass is 32.2. The third kappa shape index (κ3) is 7.04. The smallest absolute Gasteiger partial charge is 0.234 e. The zero-order valence-corrected chi connectivity index (χ0v) is 18.0. The molecule has 0 saturated carbocycles. The van der Waals surface area contributed by atoms with E-state index in [0.717, 1.165) is 41.1 Å². The predicted octanol–water partition coefficient (Wildman–Crippen LogP) is 5.26. The van der Waals surface area contributed by atoms with Crippen LogP contribution in [-0.4, -0.2) is 23.3 Å². The predicted molar refractivity (Wildman–Crippen MR) is 120 cm³/mol. The number of hydrogen-bond acceptors (Lipinski definition) is 3. The SMILES string of the molecule is CCc1ccc(NC(=O)CSCCCC(=O)Nc2c(C)cc(C)cc2C)cc1. The van der Waals surface area contributed by atoms with Crippen LogP contribution in [0.3, 0.4) is 0 Å². The maximum absolute atomic E-state index is 12.2. The lowest BCUT2D eigenvalue weighted by Crippen LogP contribution is -2.15. The third-order valence-corrected chi connectivity index (χ3v) is 5.56. The first kappa shape index (κ1) is 22.0. The quantitative estimate of drug-likeness (QED) is 0.566. The van der Waals surface area contributed by atoms with E-state index in [1.165, 1.54) is 11.1 Å². The Kier molecular flexibility index (Phi) is 8.58. The fourth-order valence-electron chi connectivity index (χ4n) is 3.10. The Labute approximate surface area is 172 Å². The Bertz CT molecular complexity index is 793. The van der Waals surface area contributed by atoms with Crippen molar-refractivity contribution < 1.29 is 9.59 Å². The number of anilines is 2. The Balaban J connectivity index is 1.65. The second-order valence-electron chi connectivity index (χ2n) is 7.08. The molecule has 0 radical (unpaired) electrons. The van der Waals surface area contributed by atoms with E-state index in [0.29, 0.717) is 12.2 Å². The molecule has 0 aliphatic heterocycles. The monoisotopic (exact) mass is 398 g/mol. The Hall–Kier alpha value is -2.27. The molecule has 0 aliphatic carbocycles. The lowest BCUT2D eigenvalue weighted by Gasteiger charge is -2.12. The van der Waals surface area contributed by atoms with Gasteiger partial charge in [-0.05, 0) is 68.2 Å². The highest BCUT2D eigenvalue weighted by Crippen LogP contribution is 2.22. The van der Waals surface area contributed by atoms with Gasteiger partial charge in [-0.2, -0.15) is 11.8 Å². The summed E-state index contributed by atoms with van der Waals surface area (Å²) in [5, 5.41) is 5.92. The van der Waals surface area contributed by atoms with Crippen LogP contribution in [0.15, 0.2) is 36.4 Å². The average molecular weight is 399 g/mol. The normalized spacial score (nSPS) is 10.6. The van der Waals surface area contributed by atoms with Crippen LogP contribution in [0.4, 0.5) is 11.4 Å². The standard InChI is InChI=1S/C23H30N2O2S/c1-5-19-8-10-20(11-9-19)24-22(27)15-28-12-6-7-21(26)25-23-17(3)13-16(2)14-18(23)4/h8-11,13-14H,5-7,12,15H2,1-4H3,(H,24,27)(H,25,26). The Morgan fingerprint density at radius 3 is 2.18 bits per heavy atom. The topological polar surface area (TPSA) is 58.2 Å². The molecule has 0 atom stereocenters. The van der Waals surface area contributed by atoms with Crippen LogP contribution < -0.4 is 10.6 Å². The van der Waals surface area contributed by atoms with Gasteiger partial charge in [-0.25, -0.2) is 0 Å². The maximum atomic E-state index is 12.2. The number of benzene rings is 2.